The number of aliphatic imine (C=N–C) groups is 1. The molecule has 1 aromatic rings. The molecule has 0 atom stereocenters. The van der Waals surface area contributed by atoms with Gasteiger partial charge in [0, 0.05) is 17.8 Å². The van der Waals surface area contributed by atoms with E-state index >= 15 is 0 Å². The maximum absolute atomic E-state index is 11.6. The Morgan fingerprint density at radius 1 is 1.53 bits per heavy atom. The Balaban J connectivity index is 2.49. The molecule has 0 radical (unpaired) electrons. The van der Waals surface area contributed by atoms with Crippen molar-refractivity contribution in [3.05, 3.63) is 29.8 Å². The molecule has 0 aliphatic rings. The predicted molar refractivity (Wildman–Crippen MR) is 77.8 cm³/mol. The molecule has 1 rings (SSSR count). The molecule has 4 N–H and O–H groups in total. The van der Waals surface area contributed by atoms with Crippen LogP contribution in [0.1, 0.15) is 18.9 Å². The molecule has 0 aliphatic heterocycles. The van der Waals surface area contributed by atoms with Gasteiger partial charge in [0.2, 0.25) is 5.91 Å². The smallest absolute Gasteiger partial charge is 0.246 e. The van der Waals surface area contributed by atoms with Crippen molar-refractivity contribution in [2.45, 2.75) is 13.3 Å². The summed E-state index contributed by atoms with van der Waals surface area (Å²) < 4.78 is 0. The fourth-order valence-corrected chi connectivity index (χ4v) is 1.35. The Labute approximate surface area is 113 Å². The van der Waals surface area contributed by atoms with E-state index in [1.165, 1.54) is 0 Å². The van der Waals surface area contributed by atoms with Crippen molar-refractivity contribution in [1.82, 2.24) is 5.32 Å². The average Bonchev–Trinajstić information content (AvgIpc) is 2.43. The molecular weight excluding hydrogens is 240 g/mol. The Hall–Kier alpha value is -2.48. The maximum Gasteiger partial charge on any atom is 0.246 e. The van der Waals surface area contributed by atoms with Crippen molar-refractivity contribution >= 4 is 17.6 Å². The number of rotatable bonds is 5. The van der Waals surface area contributed by atoms with Gasteiger partial charge in [-0.15, -0.1) is 6.42 Å². The number of nitrogens with zero attached hydrogens (tertiary/aromatic N) is 1. The standard InChI is InChI=1S/C14H18N4O/c1-3-8-16-14(15)17-10-13(19)18-12-7-5-6-11(4-2)9-12/h2,5-7,9H,3,8,10H2,1H3,(H,18,19)(H3,15,16,17). The quantitative estimate of drug-likeness (QED) is 0.417. The average molecular weight is 258 g/mol. The van der Waals surface area contributed by atoms with Crippen LogP contribution in [0, 0.1) is 12.3 Å². The molecule has 0 aromatic heterocycles. The predicted octanol–water partition coefficient (Wildman–Crippen LogP) is 0.921. The number of guanidine groups is 1. The number of terminal acetylenes is 1. The van der Waals surface area contributed by atoms with E-state index in [-0.39, 0.29) is 18.4 Å². The number of anilines is 1. The first-order chi connectivity index (χ1) is 9.15. The van der Waals surface area contributed by atoms with Crippen molar-refractivity contribution in [3.8, 4) is 12.3 Å². The van der Waals surface area contributed by atoms with Gasteiger partial charge in [0.05, 0.1) is 0 Å². The van der Waals surface area contributed by atoms with Crippen LogP contribution < -0.4 is 16.4 Å². The highest BCUT2D eigenvalue weighted by Gasteiger charge is 2.02. The minimum absolute atomic E-state index is 0.0250. The summed E-state index contributed by atoms with van der Waals surface area (Å²) in [7, 11) is 0. The van der Waals surface area contributed by atoms with Gasteiger partial charge in [0.15, 0.2) is 5.96 Å². The summed E-state index contributed by atoms with van der Waals surface area (Å²) in [4.78, 5) is 15.6. The minimum atomic E-state index is -0.240. The van der Waals surface area contributed by atoms with E-state index in [4.69, 9.17) is 12.2 Å². The topological polar surface area (TPSA) is 79.5 Å². The van der Waals surface area contributed by atoms with Crippen LogP contribution in [0.25, 0.3) is 0 Å². The van der Waals surface area contributed by atoms with Crippen LogP contribution in [0.4, 0.5) is 5.69 Å². The number of carbonyl (C=O) groups excluding carboxylic acids is 1. The number of nitrogens with two attached hydrogens (primary N) is 1. The van der Waals surface area contributed by atoms with Crippen LogP contribution in [-0.2, 0) is 4.79 Å². The third kappa shape index (κ3) is 5.59. The maximum atomic E-state index is 11.6. The van der Waals surface area contributed by atoms with Crippen LogP contribution >= 0.6 is 0 Å². The van der Waals surface area contributed by atoms with E-state index in [0.29, 0.717) is 11.3 Å². The summed E-state index contributed by atoms with van der Waals surface area (Å²) in [6.45, 7) is 2.73. The lowest BCUT2D eigenvalue weighted by Gasteiger charge is -2.05. The summed E-state index contributed by atoms with van der Waals surface area (Å²) in [5.74, 6) is 2.54. The van der Waals surface area contributed by atoms with Crippen LogP contribution in [-0.4, -0.2) is 25.0 Å². The summed E-state index contributed by atoms with van der Waals surface area (Å²) in [6, 6.07) is 7.06. The molecule has 0 bridgehead atoms. The lowest BCUT2D eigenvalue weighted by molar-refractivity contribution is -0.114. The Bertz CT molecular complexity index is 502. The van der Waals surface area contributed by atoms with Gasteiger partial charge in [0.25, 0.3) is 0 Å². The molecule has 0 fully saturated rings. The number of nitrogens with one attached hydrogen (secondary N) is 2. The van der Waals surface area contributed by atoms with Crippen LogP contribution in [0.5, 0.6) is 0 Å². The highest BCUT2D eigenvalue weighted by molar-refractivity contribution is 5.94. The zero-order chi connectivity index (χ0) is 14.1. The SMILES string of the molecule is C#Cc1cccc(NC(=O)CN=C(N)NCCC)c1. The first-order valence-electron chi connectivity index (χ1n) is 6.06. The van der Waals surface area contributed by atoms with Gasteiger partial charge in [-0.2, -0.15) is 0 Å². The van der Waals surface area contributed by atoms with Gasteiger partial charge in [-0.25, -0.2) is 4.99 Å². The third-order valence-electron chi connectivity index (χ3n) is 2.26. The second-order valence-electron chi connectivity index (χ2n) is 3.90. The molecule has 5 nitrogen and oxygen atoms in total. The third-order valence-corrected chi connectivity index (χ3v) is 2.26. The monoisotopic (exact) mass is 258 g/mol. The van der Waals surface area contributed by atoms with Gasteiger partial charge in [0.1, 0.15) is 6.54 Å². The Morgan fingerprint density at radius 3 is 3.00 bits per heavy atom. The summed E-state index contributed by atoms with van der Waals surface area (Å²) in [5.41, 5.74) is 6.94. The van der Waals surface area contributed by atoms with Crippen molar-refractivity contribution in [2.24, 2.45) is 10.7 Å². The first-order valence-corrected chi connectivity index (χ1v) is 6.06. The highest BCUT2D eigenvalue weighted by atomic mass is 16.1. The number of carbonyl (C=O) groups is 1. The molecule has 0 heterocycles. The normalized spacial score (nSPS) is 10.6. The van der Waals surface area contributed by atoms with Crippen molar-refractivity contribution < 1.29 is 4.79 Å². The summed E-state index contributed by atoms with van der Waals surface area (Å²) >= 11 is 0. The van der Waals surface area contributed by atoms with E-state index in [1.54, 1.807) is 24.3 Å². The number of amides is 1. The van der Waals surface area contributed by atoms with Crippen LogP contribution in [0.3, 0.4) is 0 Å². The molecule has 0 saturated heterocycles. The van der Waals surface area contributed by atoms with Crippen molar-refractivity contribution in [1.29, 1.82) is 0 Å². The largest absolute Gasteiger partial charge is 0.370 e. The van der Waals surface area contributed by atoms with E-state index < -0.39 is 0 Å². The number of hydrogen-bond donors (Lipinski definition) is 3. The Kier molecular flexibility index (Phi) is 5.96. The molecule has 0 spiro atoms. The second-order valence-corrected chi connectivity index (χ2v) is 3.90. The molecule has 19 heavy (non-hydrogen) atoms. The molecule has 0 unspecified atom stereocenters. The van der Waals surface area contributed by atoms with Gasteiger partial charge in [-0.05, 0) is 24.6 Å². The second kappa shape index (κ2) is 7.77. The lowest BCUT2D eigenvalue weighted by atomic mass is 10.2. The number of benzene rings is 1. The van der Waals surface area contributed by atoms with Crippen molar-refractivity contribution in [2.75, 3.05) is 18.4 Å². The fraction of sp³-hybridized carbons (Fsp3) is 0.286. The number of hydrogen-bond acceptors (Lipinski definition) is 2. The molecule has 1 amide bonds. The summed E-state index contributed by atoms with van der Waals surface area (Å²) in [6.07, 6.45) is 6.23. The van der Waals surface area contributed by atoms with Gasteiger partial charge >= 0.3 is 0 Å². The summed E-state index contributed by atoms with van der Waals surface area (Å²) in [5, 5.41) is 5.59. The Morgan fingerprint density at radius 2 is 2.32 bits per heavy atom. The fourth-order valence-electron chi connectivity index (χ4n) is 1.35. The lowest BCUT2D eigenvalue weighted by Crippen LogP contribution is -2.33. The van der Waals surface area contributed by atoms with Crippen molar-refractivity contribution in [3.63, 3.8) is 0 Å². The van der Waals surface area contributed by atoms with Gasteiger partial charge in [-0.1, -0.05) is 18.9 Å². The van der Waals surface area contributed by atoms with E-state index in [2.05, 4.69) is 21.5 Å². The molecule has 1 aromatic carbocycles. The van der Waals surface area contributed by atoms with E-state index in [1.807, 2.05) is 6.92 Å². The van der Waals surface area contributed by atoms with Crippen LogP contribution in [0.15, 0.2) is 29.3 Å². The first kappa shape index (κ1) is 14.6. The minimum Gasteiger partial charge on any atom is -0.370 e. The van der Waals surface area contributed by atoms with E-state index in [9.17, 15) is 4.79 Å². The highest BCUT2D eigenvalue weighted by Crippen LogP contribution is 2.09. The molecule has 5 heteroatoms. The molecule has 0 saturated carbocycles. The van der Waals surface area contributed by atoms with E-state index in [0.717, 1.165) is 13.0 Å². The zero-order valence-corrected chi connectivity index (χ0v) is 10.9. The zero-order valence-electron chi connectivity index (χ0n) is 10.9. The molecular formula is C14H18N4O. The van der Waals surface area contributed by atoms with Gasteiger partial charge in [-0.3, -0.25) is 4.79 Å². The van der Waals surface area contributed by atoms with Gasteiger partial charge < -0.3 is 16.4 Å². The molecule has 100 valence electrons. The van der Waals surface area contributed by atoms with Crippen LogP contribution in [0.2, 0.25) is 0 Å². The molecule has 0 aliphatic carbocycles.